The Labute approximate surface area is 153 Å². The van der Waals surface area contributed by atoms with Crippen molar-refractivity contribution in [3.05, 3.63) is 64.2 Å². The predicted octanol–water partition coefficient (Wildman–Crippen LogP) is 4.50. The minimum atomic E-state index is -0.239. The van der Waals surface area contributed by atoms with Gasteiger partial charge in [-0.15, -0.1) is 0 Å². The van der Waals surface area contributed by atoms with Crippen molar-refractivity contribution in [3.8, 4) is 5.75 Å². The summed E-state index contributed by atoms with van der Waals surface area (Å²) in [4.78, 5) is 23.9. The first-order valence-electron chi connectivity index (χ1n) is 8.20. The summed E-state index contributed by atoms with van der Waals surface area (Å²) in [6, 6.07) is 12.8. The number of ether oxygens (including phenoxy) is 1. The summed E-state index contributed by atoms with van der Waals surface area (Å²) in [7, 11) is 0. The van der Waals surface area contributed by atoms with Gasteiger partial charge in [-0.1, -0.05) is 48.4 Å². The van der Waals surface area contributed by atoms with E-state index in [0.717, 1.165) is 12.0 Å². The third-order valence-corrected chi connectivity index (χ3v) is 4.14. The highest BCUT2D eigenvalue weighted by Gasteiger charge is 2.15. The van der Waals surface area contributed by atoms with E-state index in [4.69, 9.17) is 16.3 Å². The molecule has 0 saturated carbocycles. The maximum absolute atomic E-state index is 12.2. The Morgan fingerprint density at radius 3 is 2.44 bits per heavy atom. The first-order chi connectivity index (χ1) is 11.9. The van der Waals surface area contributed by atoms with Crippen LogP contribution in [-0.4, -0.2) is 18.3 Å². The fourth-order valence-electron chi connectivity index (χ4n) is 2.50. The molecule has 0 aliphatic carbocycles. The van der Waals surface area contributed by atoms with Gasteiger partial charge in [-0.05, 0) is 44.0 Å². The summed E-state index contributed by atoms with van der Waals surface area (Å²) in [5, 5.41) is 3.41. The molecule has 1 N–H and O–H groups in total. The molecule has 0 aliphatic heterocycles. The number of ketones is 1. The second-order valence-corrected chi connectivity index (χ2v) is 6.36. The van der Waals surface area contributed by atoms with Crippen LogP contribution in [0.15, 0.2) is 42.5 Å². The number of rotatable bonds is 7. The van der Waals surface area contributed by atoms with Gasteiger partial charge in [0, 0.05) is 5.02 Å². The summed E-state index contributed by atoms with van der Waals surface area (Å²) in [5.41, 5.74) is 2.59. The number of nitrogens with one attached hydrogen (secondary N) is 1. The van der Waals surface area contributed by atoms with Gasteiger partial charge < -0.3 is 10.1 Å². The molecule has 0 bridgehead atoms. The fraction of sp³-hybridized carbons (Fsp3) is 0.300. The fourth-order valence-corrected chi connectivity index (χ4v) is 2.67. The molecule has 2 rings (SSSR count). The van der Waals surface area contributed by atoms with Crippen LogP contribution in [0.25, 0.3) is 0 Å². The van der Waals surface area contributed by atoms with Crippen LogP contribution in [0, 0.1) is 6.92 Å². The Hall–Kier alpha value is -2.33. The highest BCUT2D eigenvalue weighted by atomic mass is 35.5. The number of hydrogen-bond donors (Lipinski definition) is 1. The molecule has 25 heavy (non-hydrogen) atoms. The van der Waals surface area contributed by atoms with Gasteiger partial charge in [-0.3, -0.25) is 9.59 Å². The lowest BCUT2D eigenvalue weighted by Crippen LogP contribution is -2.32. The van der Waals surface area contributed by atoms with E-state index in [2.05, 4.69) is 5.32 Å². The highest BCUT2D eigenvalue weighted by Crippen LogP contribution is 2.23. The van der Waals surface area contributed by atoms with Gasteiger partial charge in [0.15, 0.2) is 12.4 Å². The van der Waals surface area contributed by atoms with E-state index in [9.17, 15) is 9.59 Å². The first-order valence-corrected chi connectivity index (χ1v) is 8.57. The highest BCUT2D eigenvalue weighted by molar-refractivity contribution is 6.31. The van der Waals surface area contributed by atoms with Crippen LogP contribution in [0.3, 0.4) is 0 Å². The average Bonchev–Trinajstić information content (AvgIpc) is 2.59. The van der Waals surface area contributed by atoms with E-state index >= 15 is 0 Å². The molecular formula is C20H22ClNO3. The maximum Gasteiger partial charge on any atom is 0.258 e. The largest absolute Gasteiger partial charge is 0.483 e. The molecule has 0 fully saturated rings. The van der Waals surface area contributed by atoms with Crippen molar-refractivity contribution in [1.82, 2.24) is 5.32 Å². The summed E-state index contributed by atoms with van der Waals surface area (Å²) >= 11 is 5.90. The zero-order valence-electron chi connectivity index (χ0n) is 14.6. The molecule has 0 heterocycles. The topological polar surface area (TPSA) is 55.4 Å². The SMILES string of the molecule is CC[C@H](NC(=O)COc1ccc(Cl)cc1C(C)=O)c1ccc(C)cc1. The zero-order chi connectivity index (χ0) is 18.4. The number of Topliss-reactive ketones (excluding diaryl/α,β-unsaturated/α-hetero) is 1. The number of hydrogen-bond acceptors (Lipinski definition) is 3. The number of amides is 1. The van der Waals surface area contributed by atoms with Crippen LogP contribution < -0.4 is 10.1 Å². The molecule has 5 heteroatoms. The summed E-state index contributed by atoms with van der Waals surface area (Å²) < 4.78 is 5.52. The lowest BCUT2D eigenvalue weighted by Gasteiger charge is -2.18. The molecule has 0 aliphatic rings. The number of carbonyl (C=O) groups is 2. The van der Waals surface area contributed by atoms with E-state index in [1.54, 1.807) is 12.1 Å². The molecule has 0 spiro atoms. The van der Waals surface area contributed by atoms with Gasteiger partial charge in [-0.25, -0.2) is 0 Å². The van der Waals surface area contributed by atoms with Gasteiger partial charge in [0.05, 0.1) is 11.6 Å². The second kappa shape index (κ2) is 8.67. The summed E-state index contributed by atoms with van der Waals surface area (Å²) in [6.45, 7) is 5.31. The molecule has 2 aromatic carbocycles. The van der Waals surface area contributed by atoms with Gasteiger partial charge >= 0.3 is 0 Å². The number of carbonyl (C=O) groups excluding carboxylic acids is 2. The van der Waals surface area contributed by atoms with Crippen LogP contribution in [0.2, 0.25) is 5.02 Å². The molecule has 0 saturated heterocycles. The Bertz CT molecular complexity index is 756. The van der Waals surface area contributed by atoms with Crippen molar-refractivity contribution >= 4 is 23.3 Å². The number of aryl methyl sites for hydroxylation is 1. The van der Waals surface area contributed by atoms with Crippen LogP contribution in [-0.2, 0) is 4.79 Å². The monoisotopic (exact) mass is 359 g/mol. The molecule has 0 radical (unpaired) electrons. The van der Waals surface area contributed by atoms with Gasteiger partial charge in [-0.2, -0.15) is 0 Å². The minimum absolute atomic E-state index is 0.0748. The molecule has 4 nitrogen and oxygen atoms in total. The van der Waals surface area contributed by atoms with Gasteiger partial charge in [0.25, 0.3) is 5.91 Å². The third kappa shape index (κ3) is 5.33. The lowest BCUT2D eigenvalue weighted by molar-refractivity contribution is -0.123. The van der Waals surface area contributed by atoms with Crippen LogP contribution in [0.1, 0.15) is 47.8 Å². The molecular weight excluding hydrogens is 338 g/mol. The quantitative estimate of drug-likeness (QED) is 0.740. The number of halogens is 1. The van der Waals surface area contributed by atoms with Crippen LogP contribution in [0.5, 0.6) is 5.75 Å². The van der Waals surface area contributed by atoms with Crippen molar-refractivity contribution in [2.45, 2.75) is 33.2 Å². The average molecular weight is 360 g/mol. The Kier molecular flexibility index (Phi) is 6.59. The molecule has 0 unspecified atom stereocenters. The van der Waals surface area contributed by atoms with Crippen LogP contribution in [0.4, 0.5) is 0 Å². The summed E-state index contributed by atoms with van der Waals surface area (Å²) in [6.07, 6.45) is 0.772. The van der Waals surface area contributed by atoms with E-state index in [-0.39, 0.29) is 24.3 Å². The summed E-state index contributed by atoms with van der Waals surface area (Å²) in [5.74, 6) is -0.0451. The van der Waals surface area contributed by atoms with Crippen molar-refractivity contribution in [3.63, 3.8) is 0 Å². The van der Waals surface area contributed by atoms with Crippen LogP contribution >= 0.6 is 11.6 Å². The minimum Gasteiger partial charge on any atom is -0.483 e. The molecule has 1 amide bonds. The molecule has 2 aromatic rings. The third-order valence-electron chi connectivity index (χ3n) is 3.90. The van der Waals surface area contributed by atoms with Crippen molar-refractivity contribution in [2.24, 2.45) is 0 Å². The first kappa shape index (κ1) is 19.0. The van der Waals surface area contributed by atoms with E-state index in [1.807, 2.05) is 38.1 Å². The van der Waals surface area contributed by atoms with Gasteiger partial charge in [0.2, 0.25) is 0 Å². The van der Waals surface area contributed by atoms with E-state index in [1.165, 1.54) is 18.6 Å². The number of benzene rings is 2. The van der Waals surface area contributed by atoms with Crippen molar-refractivity contribution in [2.75, 3.05) is 6.61 Å². The maximum atomic E-state index is 12.2. The Balaban J connectivity index is 2.00. The standard InChI is InChI=1S/C20H22ClNO3/c1-4-18(15-7-5-13(2)6-8-15)22-20(24)12-25-19-10-9-16(21)11-17(19)14(3)23/h5-11,18H,4,12H2,1-3H3,(H,22,24)/t18-/m0/s1. The molecule has 1 atom stereocenters. The predicted molar refractivity (Wildman–Crippen MR) is 99.3 cm³/mol. The van der Waals surface area contributed by atoms with Crippen molar-refractivity contribution < 1.29 is 14.3 Å². The zero-order valence-corrected chi connectivity index (χ0v) is 15.4. The smallest absolute Gasteiger partial charge is 0.258 e. The lowest BCUT2D eigenvalue weighted by atomic mass is 10.0. The van der Waals surface area contributed by atoms with E-state index < -0.39 is 0 Å². The Morgan fingerprint density at radius 1 is 1.16 bits per heavy atom. The van der Waals surface area contributed by atoms with E-state index in [0.29, 0.717) is 16.3 Å². The normalized spacial score (nSPS) is 11.7. The Morgan fingerprint density at radius 2 is 1.84 bits per heavy atom. The molecule has 0 aromatic heterocycles. The van der Waals surface area contributed by atoms with Gasteiger partial charge in [0.1, 0.15) is 5.75 Å². The van der Waals surface area contributed by atoms with Crippen molar-refractivity contribution in [1.29, 1.82) is 0 Å². The molecule has 132 valence electrons. The second-order valence-electron chi connectivity index (χ2n) is 5.92.